The van der Waals surface area contributed by atoms with Gasteiger partial charge in [-0.3, -0.25) is 0 Å². The van der Waals surface area contributed by atoms with Crippen LogP contribution in [0.25, 0.3) is 0 Å². The highest BCUT2D eigenvalue weighted by Crippen LogP contribution is 2.27. The highest BCUT2D eigenvalue weighted by atomic mass is 19.1. The van der Waals surface area contributed by atoms with Crippen LogP contribution in [0.1, 0.15) is 24.2 Å². The number of hydrogen-bond donors (Lipinski definition) is 1. The Kier molecular flexibility index (Phi) is 3.81. The third-order valence-corrected chi connectivity index (χ3v) is 2.80. The van der Waals surface area contributed by atoms with Gasteiger partial charge in [-0.05, 0) is 55.3 Å². The summed E-state index contributed by atoms with van der Waals surface area (Å²) in [5.41, 5.74) is 0.902. The van der Waals surface area contributed by atoms with E-state index in [1.807, 2.05) is 0 Å². The predicted molar refractivity (Wildman–Crippen MR) is 68.2 cm³/mol. The number of hydrogen-bond acceptors (Lipinski definition) is 2. The van der Waals surface area contributed by atoms with Crippen LogP contribution < -0.4 is 4.74 Å². The Hall–Kier alpha value is -1.94. The minimum atomic E-state index is -0.739. The molecule has 2 aromatic rings. The standard InChI is InChI=1S/C15H14F2O2/c1-9-7-12(4-5-13(9)16)19-15-6-3-11(10(2)18)8-14(15)17/h3-8,10,18H,1-2H3/t10-/m1/s1. The first-order valence-electron chi connectivity index (χ1n) is 5.89. The van der Waals surface area contributed by atoms with Crippen molar-refractivity contribution >= 4 is 0 Å². The molecule has 0 aliphatic rings. The molecule has 2 aromatic carbocycles. The number of ether oxygens (including phenoxy) is 1. The van der Waals surface area contributed by atoms with Crippen LogP contribution in [0.5, 0.6) is 11.5 Å². The van der Waals surface area contributed by atoms with Gasteiger partial charge in [0, 0.05) is 0 Å². The molecule has 0 aromatic heterocycles. The maximum absolute atomic E-state index is 13.8. The van der Waals surface area contributed by atoms with Gasteiger partial charge in [-0.2, -0.15) is 0 Å². The minimum Gasteiger partial charge on any atom is -0.454 e. The summed E-state index contributed by atoms with van der Waals surface area (Å²) in [5.74, 6) is -0.504. The molecule has 0 aliphatic carbocycles. The summed E-state index contributed by atoms with van der Waals surface area (Å²) in [4.78, 5) is 0. The lowest BCUT2D eigenvalue weighted by atomic mass is 10.1. The maximum atomic E-state index is 13.8. The van der Waals surface area contributed by atoms with Gasteiger partial charge in [0.15, 0.2) is 11.6 Å². The summed E-state index contributed by atoms with van der Waals surface area (Å²) < 4.78 is 32.2. The summed E-state index contributed by atoms with van der Waals surface area (Å²) in [6.07, 6.45) is -0.739. The first kappa shape index (κ1) is 13.5. The highest BCUT2D eigenvalue weighted by Gasteiger charge is 2.09. The smallest absolute Gasteiger partial charge is 0.166 e. The van der Waals surface area contributed by atoms with E-state index in [2.05, 4.69) is 0 Å². The van der Waals surface area contributed by atoms with E-state index in [-0.39, 0.29) is 11.6 Å². The summed E-state index contributed by atoms with van der Waals surface area (Å²) >= 11 is 0. The van der Waals surface area contributed by atoms with Gasteiger partial charge in [-0.1, -0.05) is 6.07 Å². The van der Waals surface area contributed by atoms with E-state index >= 15 is 0 Å². The Morgan fingerprint density at radius 1 is 1.05 bits per heavy atom. The predicted octanol–water partition coefficient (Wildman–Crippen LogP) is 4.12. The van der Waals surface area contributed by atoms with Crippen LogP contribution in [-0.4, -0.2) is 5.11 Å². The first-order valence-corrected chi connectivity index (χ1v) is 5.89. The minimum absolute atomic E-state index is 0.0374. The van der Waals surface area contributed by atoms with E-state index in [9.17, 15) is 13.9 Å². The molecule has 0 radical (unpaired) electrons. The van der Waals surface area contributed by atoms with Crippen molar-refractivity contribution in [2.45, 2.75) is 20.0 Å². The largest absolute Gasteiger partial charge is 0.454 e. The van der Waals surface area contributed by atoms with Crippen molar-refractivity contribution in [1.82, 2.24) is 0 Å². The van der Waals surface area contributed by atoms with Gasteiger partial charge in [0.25, 0.3) is 0 Å². The number of benzene rings is 2. The average molecular weight is 264 g/mol. The Morgan fingerprint density at radius 2 is 1.79 bits per heavy atom. The fraction of sp³-hybridized carbons (Fsp3) is 0.200. The van der Waals surface area contributed by atoms with Crippen molar-refractivity contribution in [1.29, 1.82) is 0 Å². The van der Waals surface area contributed by atoms with Crippen molar-refractivity contribution in [3.05, 3.63) is 59.2 Å². The molecule has 2 rings (SSSR count). The summed E-state index contributed by atoms with van der Waals surface area (Å²) in [5, 5.41) is 9.35. The van der Waals surface area contributed by atoms with Crippen molar-refractivity contribution in [3.8, 4) is 11.5 Å². The topological polar surface area (TPSA) is 29.5 Å². The fourth-order valence-corrected chi connectivity index (χ4v) is 1.67. The Labute approximate surface area is 110 Å². The lowest BCUT2D eigenvalue weighted by Crippen LogP contribution is -1.95. The molecule has 1 atom stereocenters. The lowest BCUT2D eigenvalue weighted by Gasteiger charge is -2.10. The monoisotopic (exact) mass is 264 g/mol. The van der Waals surface area contributed by atoms with E-state index in [1.165, 1.54) is 30.3 Å². The third-order valence-electron chi connectivity index (χ3n) is 2.80. The molecule has 0 aliphatic heterocycles. The van der Waals surface area contributed by atoms with Crippen LogP contribution in [0.2, 0.25) is 0 Å². The second kappa shape index (κ2) is 5.36. The zero-order valence-electron chi connectivity index (χ0n) is 10.7. The van der Waals surface area contributed by atoms with Gasteiger partial charge in [-0.25, -0.2) is 8.78 Å². The van der Waals surface area contributed by atoms with Crippen molar-refractivity contribution < 1.29 is 18.6 Å². The van der Waals surface area contributed by atoms with Crippen LogP contribution in [-0.2, 0) is 0 Å². The molecule has 0 spiro atoms. The Balaban J connectivity index is 2.25. The van der Waals surface area contributed by atoms with Gasteiger partial charge in [0.1, 0.15) is 11.6 Å². The van der Waals surface area contributed by atoms with E-state index in [0.717, 1.165) is 0 Å². The number of rotatable bonds is 3. The van der Waals surface area contributed by atoms with Crippen LogP contribution in [0.4, 0.5) is 8.78 Å². The van der Waals surface area contributed by atoms with Crippen molar-refractivity contribution in [2.24, 2.45) is 0 Å². The second-order valence-corrected chi connectivity index (χ2v) is 4.38. The molecule has 0 unspecified atom stereocenters. The molecule has 0 heterocycles. The zero-order valence-corrected chi connectivity index (χ0v) is 10.7. The van der Waals surface area contributed by atoms with E-state index in [1.54, 1.807) is 19.9 Å². The van der Waals surface area contributed by atoms with E-state index < -0.39 is 11.9 Å². The SMILES string of the molecule is Cc1cc(Oc2ccc([C@@H](C)O)cc2F)ccc1F. The van der Waals surface area contributed by atoms with Crippen molar-refractivity contribution in [2.75, 3.05) is 0 Å². The quantitative estimate of drug-likeness (QED) is 0.903. The molecule has 0 fully saturated rings. The number of aliphatic hydroxyl groups is 1. The average Bonchev–Trinajstić information content (AvgIpc) is 2.36. The van der Waals surface area contributed by atoms with Gasteiger partial charge in [0.2, 0.25) is 0 Å². The molecule has 100 valence electrons. The number of halogens is 2. The number of aliphatic hydroxyl groups excluding tert-OH is 1. The summed E-state index contributed by atoms with van der Waals surface area (Å²) in [7, 11) is 0. The molecule has 0 amide bonds. The maximum Gasteiger partial charge on any atom is 0.166 e. The molecule has 0 saturated carbocycles. The first-order chi connectivity index (χ1) is 8.97. The third kappa shape index (κ3) is 3.09. The molecule has 0 saturated heterocycles. The van der Waals surface area contributed by atoms with Crippen LogP contribution in [0, 0.1) is 18.6 Å². The summed E-state index contributed by atoms with van der Waals surface area (Å²) in [6.45, 7) is 3.16. The van der Waals surface area contributed by atoms with Gasteiger partial charge >= 0.3 is 0 Å². The Morgan fingerprint density at radius 3 is 2.37 bits per heavy atom. The van der Waals surface area contributed by atoms with Crippen molar-refractivity contribution in [3.63, 3.8) is 0 Å². The van der Waals surface area contributed by atoms with Gasteiger partial charge in [-0.15, -0.1) is 0 Å². The van der Waals surface area contributed by atoms with Crippen LogP contribution >= 0.6 is 0 Å². The zero-order chi connectivity index (χ0) is 14.0. The summed E-state index contributed by atoms with van der Waals surface area (Å²) in [6, 6.07) is 8.44. The molecule has 4 heteroatoms. The van der Waals surface area contributed by atoms with Gasteiger partial charge in [0.05, 0.1) is 6.10 Å². The number of aryl methyl sites for hydroxylation is 1. The second-order valence-electron chi connectivity index (χ2n) is 4.38. The molecule has 0 bridgehead atoms. The van der Waals surface area contributed by atoms with E-state index in [0.29, 0.717) is 16.9 Å². The van der Waals surface area contributed by atoms with Gasteiger partial charge < -0.3 is 9.84 Å². The molecular weight excluding hydrogens is 250 g/mol. The normalized spacial score (nSPS) is 12.3. The molecule has 2 nitrogen and oxygen atoms in total. The highest BCUT2D eigenvalue weighted by molar-refractivity contribution is 5.36. The molecule has 19 heavy (non-hydrogen) atoms. The van der Waals surface area contributed by atoms with Crippen LogP contribution in [0.15, 0.2) is 36.4 Å². The Bertz CT molecular complexity index is 595. The van der Waals surface area contributed by atoms with E-state index in [4.69, 9.17) is 4.74 Å². The van der Waals surface area contributed by atoms with Crippen LogP contribution in [0.3, 0.4) is 0 Å². The fourth-order valence-electron chi connectivity index (χ4n) is 1.67. The molecular formula is C15H14F2O2. The lowest BCUT2D eigenvalue weighted by molar-refractivity contribution is 0.198. The molecule has 1 N–H and O–H groups in total.